The molecule has 0 atom stereocenters. The molecule has 1 aromatic carbocycles. The van der Waals surface area contributed by atoms with Crippen LogP contribution in [0.15, 0.2) is 24.3 Å². The lowest BCUT2D eigenvalue weighted by Gasteiger charge is -2.21. The Bertz CT molecular complexity index is 403. The Balaban J connectivity index is 2.92. The third-order valence-corrected chi connectivity index (χ3v) is 5.34. The molecule has 0 unspecified atom stereocenters. The van der Waals surface area contributed by atoms with Gasteiger partial charge in [-0.05, 0) is 38.5 Å². The van der Waals surface area contributed by atoms with Crippen LogP contribution in [0, 0.1) is 0 Å². The van der Waals surface area contributed by atoms with Crippen molar-refractivity contribution in [2.75, 3.05) is 19.8 Å². The molecule has 7 heteroatoms. The first-order valence-corrected chi connectivity index (χ1v) is 8.57. The molecule has 0 amide bonds. The maximum Gasteiger partial charge on any atom is 0.416 e. The number of hydrogen-bond donors (Lipinski definition) is 0. The largest absolute Gasteiger partial charge is 0.416 e. The SMILES string of the molecule is CCO[P+](Cc1ccc(C(F)(F)F)cc1)(OCC)OCC. The van der Waals surface area contributed by atoms with Gasteiger partial charge in [0.1, 0.15) is 0 Å². The predicted molar refractivity (Wildman–Crippen MR) is 76.9 cm³/mol. The smallest absolute Gasteiger partial charge is 0.178 e. The highest BCUT2D eigenvalue weighted by Crippen LogP contribution is 2.64. The van der Waals surface area contributed by atoms with E-state index in [0.717, 1.165) is 12.1 Å². The Morgan fingerprint density at radius 2 is 1.29 bits per heavy atom. The Labute approximate surface area is 124 Å². The number of halogens is 3. The summed E-state index contributed by atoms with van der Waals surface area (Å²) in [6.45, 7) is 6.77. The first kappa shape index (κ1) is 18.4. The minimum absolute atomic E-state index is 0.334. The summed E-state index contributed by atoms with van der Waals surface area (Å²) in [5, 5.41) is 0. The summed E-state index contributed by atoms with van der Waals surface area (Å²) in [5.74, 6) is 0. The predicted octanol–water partition coefficient (Wildman–Crippen LogP) is 5.08. The van der Waals surface area contributed by atoms with E-state index in [9.17, 15) is 13.2 Å². The zero-order valence-corrected chi connectivity index (χ0v) is 13.3. The van der Waals surface area contributed by atoms with Crippen molar-refractivity contribution >= 4 is 7.94 Å². The fourth-order valence-corrected chi connectivity index (χ4v) is 4.20. The van der Waals surface area contributed by atoms with Gasteiger partial charge < -0.3 is 0 Å². The van der Waals surface area contributed by atoms with Crippen LogP contribution >= 0.6 is 7.94 Å². The van der Waals surface area contributed by atoms with E-state index in [1.54, 1.807) is 0 Å². The van der Waals surface area contributed by atoms with E-state index >= 15 is 0 Å². The number of alkyl halides is 3. The molecule has 0 aliphatic heterocycles. The van der Waals surface area contributed by atoms with E-state index < -0.39 is 19.7 Å². The summed E-state index contributed by atoms with van der Waals surface area (Å²) >= 11 is 0. The van der Waals surface area contributed by atoms with Crippen molar-refractivity contribution in [1.82, 2.24) is 0 Å². The van der Waals surface area contributed by atoms with E-state index in [1.165, 1.54) is 12.1 Å². The first-order chi connectivity index (χ1) is 9.87. The van der Waals surface area contributed by atoms with Crippen molar-refractivity contribution in [3.8, 4) is 0 Å². The van der Waals surface area contributed by atoms with E-state index in [4.69, 9.17) is 13.6 Å². The first-order valence-electron chi connectivity index (χ1n) is 6.84. The molecule has 0 heterocycles. The summed E-state index contributed by atoms with van der Waals surface area (Å²) in [6, 6.07) is 5.00. The topological polar surface area (TPSA) is 27.7 Å². The Kier molecular flexibility index (Phi) is 7.07. The molecule has 0 bridgehead atoms. The van der Waals surface area contributed by atoms with Gasteiger partial charge in [0.05, 0.1) is 25.4 Å². The second-order valence-corrected chi connectivity index (χ2v) is 6.53. The number of hydrogen-bond acceptors (Lipinski definition) is 3. The zero-order chi connectivity index (χ0) is 15.9. The fourth-order valence-electron chi connectivity index (χ4n) is 1.86. The van der Waals surface area contributed by atoms with Crippen LogP contribution in [0.1, 0.15) is 31.9 Å². The third-order valence-electron chi connectivity index (χ3n) is 2.63. The lowest BCUT2D eigenvalue weighted by Crippen LogP contribution is -2.10. The second-order valence-electron chi connectivity index (χ2n) is 4.22. The molecule has 0 radical (unpaired) electrons. The maximum absolute atomic E-state index is 12.6. The van der Waals surface area contributed by atoms with Gasteiger partial charge in [0.15, 0.2) is 6.16 Å². The molecule has 1 aromatic rings. The highest BCUT2D eigenvalue weighted by molar-refractivity contribution is 7.60. The van der Waals surface area contributed by atoms with Crippen LogP contribution in [0.2, 0.25) is 0 Å². The van der Waals surface area contributed by atoms with Crippen molar-refractivity contribution in [1.29, 1.82) is 0 Å². The molecule has 0 aromatic heterocycles. The molecule has 0 saturated heterocycles. The third kappa shape index (κ3) is 5.55. The number of rotatable bonds is 8. The van der Waals surface area contributed by atoms with Crippen molar-refractivity contribution in [2.45, 2.75) is 33.1 Å². The van der Waals surface area contributed by atoms with Crippen LogP contribution in [0.25, 0.3) is 0 Å². The molecule has 120 valence electrons. The lowest BCUT2D eigenvalue weighted by atomic mass is 10.1. The standard InChI is InChI=1S/C14H21F3O3P/c1-4-18-21(19-5-2,20-6-3)11-12-7-9-13(10-8-12)14(15,16)17/h7-10H,4-6,11H2,1-3H3/q+1. The summed E-state index contributed by atoms with van der Waals surface area (Å²) in [7, 11) is -2.56. The average Bonchev–Trinajstić information content (AvgIpc) is 2.39. The number of benzene rings is 1. The van der Waals surface area contributed by atoms with Gasteiger partial charge in [-0.25, -0.2) is 0 Å². The summed E-state index contributed by atoms with van der Waals surface area (Å²) in [5.41, 5.74) is 0.0334. The summed E-state index contributed by atoms with van der Waals surface area (Å²) < 4.78 is 54.6. The van der Waals surface area contributed by atoms with Crippen molar-refractivity contribution < 1.29 is 26.7 Å². The van der Waals surface area contributed by atoms with Gasteiger partial charge in [-0.15, -0.1) is 0 Å². The van der Waals surface area contributed by atoms with E-state index in [0.29, 0.717) is 31.5 Å². The summed E-state index contributed by atoms with van der Waals surface area (Å²) in [6.07, 6.45) is -3.99. The van der Waals surface area contributed by atoms with Crippen molar-refractivity contribution in [3.05, 3.63) is 35.4 Å². The minimum atomic E-state index is -4.33. The molecule has 3 nitrogen and oxygen atoms in total. The molecule has 0 N–H and O–H groups in total. The fraction of sp³-hybridized carbons (Fsp3) is 0.571. The molecule has 0 aliphatic rings. The van der Waals surface area contributed by atoms with Crippen molar-refractivity contribution in [3.63, 3.8) is 0 Å². The van der Waals surface area contributed by atoms with Crippen LogP contribution in [0.5, 0.6) is 0 Å². The van der Waals surface area contributed by atoms with Crippen molar-refractivity contribution in [2.24, 2.45) is 0 Å². The highest BCUT2D eigenvalue weighted by Gasteiger charge is 2.44. The molecule has 0 saturated carbocycles. The molecule has 0 spiro atoms. The molecule has 0 aliphatic carbocycles. The molecular formula is C14H21F3O3P+. The van der Waals surface area contributed by atoms with Gasteiger partial charge in [0.25, 0.3) is 0 Å². The van der Waals surface area contributed by atoms with Gasteiger partial charge in [-0.3, -0.25) is 0 Å². The average molecular weight is 325 g/mol. The van der Waals surface area contributed by atoms with Gasteiger partial charge in [-0.1, -0.05) is 12.1 Å². The van der Waals surface area contributed by atoms with Gasteiger partial charge >= 0.3 is 14.1 Å². The quantitative estimate of drug-likeness (QED) is 0.624. The van der Waals surface area contributed by atoms with E-state index in [2.05, 4.69) is 0 Å². The monoisotopic (exact) mass is 325 g/mol. The molecule has 1 rings (SSSR count). The van der Waals surface area contributed by atoms with Crippen LogP contribution in [0.4, 0.5) is 13.2 Å². The van der Waals surface area contributed by atoms with E-state index in [1.807, 2.05) is 20.8 Å². The van der Waals surface area contributed by atoms with Crippen LogP contribution in [0.3, 0.4) is 0 Å². The normalized spacial score (nSPS) is 12.7. The Morgan fingerprint density at radius 3 is 1.62 bits per heavy atom. The highest BCUT2D eigenvalue weighted by atomic mass is 31.2. The van der Waals surface area contributed by atoms with Gasteiger partial charge in [0, 0.05) is 0 Å². The minimum Gasteiger partial charge on any atom is -0.178 e. The van der Waals surface area contributed by atoms with Crippen LogP contribution in [-0.4, -0.2) is 19.8 Å². The Morgan fingerprint density at radius 1 is 0.857 bits per heavy atom. The van der Waals surface area contributed by atoms with Gasteiger partial charge in [-0.2, -0.15) is 26.7 Å². The maximum atomic E-state index is 12.6. The molecule has 21 heavy (non-hydrogen) atoms. The van der Waals surface area contributed by atoms with Gasteiger partial charge in [0.2, 0.25) is 0 Å². The Hall–Kier alpha value is -0.680. The second kappa shape index (κ2) is 8.08. The van der Waals surface area contributed by atoms with Crippen LogP contribution in [-0.2, 0) is 25.9 Å². The zero-order valence-electron chi connectivity index (χ0n) is 12.4. The lowest BCUT2D eigenvalue weighted by molar-refractivity contribution is -0.137. The molecule has 0 fully saturated rings. The molecular weight excluding hydrogens is 304 g/mol. The van der Waals surface area contributed by atoms with Crippen LogP contribution < -0.4 is 0 Å². The summed E-state index contributed by atoms with van der Waals surface area (Å²) in [4.78, 5) is 0. The van der Waals surface area contributed by atoms with E-state index in [-0.39, 0.29) is 0 Å².